The Morgan fingerprint density at radius 1 is 1.18 bits per heavy atom. The fourth-order valence-corrected chi connectivity index (χ4v) is 2.13. The van der Waals surface area contributed by atoms with Crippen molar-refractivity contribution in [1.29, 1.82) is 0 Å². The van der Waals surface area contributed by atoms with Crippen LogP contribution in [-0.2, 0) is 16.8 Å². The Morgan fingerprint density at radius 3 is 2.29 bits per heavy atom. The Labute approximate surface area is 102 Å². The van der Waals surface area contributed by atoms with Crippen LogP contribution in [0.3, 0.4) is 0 Å². The van der Waals surface area contributed by atoms with Gasteiger partial charge in [0.25, 0.3) is 10.2 Å². The molecule has 0 bridgehead atoms. The lowest BCUT2D eigenvalue weighted by Gasteiger charge is -2.09. The molecule has 1 aromatic carbocycles. The molecule has 6 heteroatoms. The Balaban J connectivity index is 2.47. The first kappa shape index (κ1) is 14.0. The number of phenolic OH excluding ortho intramolecular Hbond substituents is 1. The molecule has 0 aromatic heterocycles. The molecule has 0 radical (unpaired) electrons. The molecule has 0 heterocycles. The van der Waals surface area contributed by atoms with Gasteiger partial charge in [0.1, 0.15) is 5.75 Å². The molecule has 17 heavy (non-hydrogen) atoms. The van der Waals surface area contributed by atoms with Gasteiger partial charge in [0.05, 0.1) is 0 Å². The molecule has 1 aromatic rings. The highest BCUT2D eigenvalue weighted by atomic mass is 32.2. The van der Waals surface area contributed by atoms with Gasteiger partial charge in [-0.05, 0) is 23.6 Å². The first-order valence-corrected chi connectivity index (χ1v) is 6.89. The van der Waals surface area contributed by atoms with Crippen LogP contribution in [0.5, 0.6) is 5.75 Å². The molecule has 3 N–H and O–H groups in total. The van der Waals surface area contributed by atoms with Gasteiger partial charge < -0.3 is 5.11 Å². The molecule has 0 unspecified atom stereocenters. The molecular formula is C11H18N2O3S. The summed E-state index contributed by atoms with van der Waals surface area (Å²) in [5.41, 5.74) is 0.790. The fourth-order valence-electron chi connectivity index (χ4n) is 1.12. The highest BCUT2D eigenvalue weighted by Crippen LogP contribution is 2.09. The summed E-state index contributed by atoms with van der Waals surface area (Å²) in [6, 6.07) is 6.37. The van der Waals surface area contributed by atoms with Gasteiger partial charge in [0.15, 0.2) is 0 Å². The zero-order valence-corrected chi connectivity index (χ0v) is 10.8. The summed E-state index contributed by atoms with van der Waals surface area (Å²) in [6.45, 7) is 4.48. The smallest absolute Gasteiger partial charge is 0.277 e. The average Bonchev–Trinajstić information content (AvgIpc) is 2.26. The number of aromatic hydroxyl groups is 1. The van der Waals surface area contributed by atoms with E-state index in [1.807, 2.05) is 13.8 Å². The topological polar surface area (TPSA) is 78.4 Å². The standard InChI is InChI=1S/C11H18N2O3S/c1-9(2)7-12-17(15,16)13-8-10-3-5-11(14)6-4-10/h3-6,9,12-14H,7-8H2,1-2H3. The third kappa shape index (κ3) is 5.67. The zero-order valence-electron chi connectivity index (χ0n) is 9.97. The van der Waals surface area contributed by atoms with Crippen LogP contribution in [0, 0.1) is 5.92 Å². The second-order valence-corrected chi connectivity index (χ2v) is 5.82. The van der Waals surface area contributed by atoms with Gasteiger partial charge in [-0.3, -0.25) is 0 Å². The predicted molar refractivity (Wildman–Crippen MR) is 66.7 cm³/mol. The van der Waals surface area contributed by atoms with Crippen molar-refractivity contribution in [1.82, 2.24) is 9.44 Å². The molecule has 0 aliphatic heterocycles. The molecule has 0 amide bonds. The van der Waals surface area contributed by atoms with Crippen LogP contribution >= 0.6 is 0 Å². The van der Waals surface area contributed by atoms with Crippen molar-refractivity contribution in [3.63, 3.8) is 0 Å². The lowest BCUT2D eigenvalue weighted by molar-refractivity contribution is 0.475. The molecular weight excluding hydrogens is 240 g/mol. The third-order valence-corrected chi connectivity index (χ3v) is 3.16. The summed E-state index contributed by atoms with van der Waals surface area (Å²) in [5, 5.41) is 9.08. The number of hydrogen-bond donors (Lipinski definition) is 3. The van der Waals surface area contributed by atoms with E-state index in [2.05, 4.69) is 9.44 Å². The quantitative estimate of drug-likeness (QED) is 0.711. The van der Waals surface area contributed by atoms with E-state index < -0.39 is 10.2 Å². The summed E-state index contributed by atoms with van der Waals surface area (Å²) in [6.07, 6.45) is 0. The largest absolute Gasteiger partial charge is 0.508 e. The van der Waals surface area contributed by atoms with E-state index in [9.17, 15) is 8.42 Å². The van der Waals surface area contributed by atoms with Crippen LogP contribution < -0.4 is 9.44 Å². The summed E-state index contributed by atoms with van der Waals surface area (Å²) < 4.78 is 27.9. The lowest BCUT2D eigenvalue weighted by Crippen LogP contribution is -2.37. The van der Waals surface area contributed by atoms with Crippen molar-refractivity contribution >= 4 is 10.2 Å². The Hall–Kier alpha value is -1.11. The summed E-state index contributed by atoms with van der Waals surface area (Å²) >= 11 is 0. The van der Waals surface area contributed by atoms with E-state index >= 15 is 0 Å². The summed E-state index contributed by atoms with van der Waals surface area (Å²) in [4.78, 5) is 0. The lowest BCUT2D eigenvalue weighted by atomic mass is 10.2. The molecule has 0 saturated heterocycles. The normalized spacial score (nSPS) is 11.9. The van der Waals surface area contributed by atoms with Crippen molar-refractivity contribution in [3.8, 4) is 5.75 Å². The Kier molecular flexibility index (Phi) is 4.92. The van der Waals surface area contributed by atoms with Crippen molar-refractivity contribution in [2.24, 2.45) is 5.92 Å². The molecule has 0 spiro atoms. The maximum Gasteiger partial charge on any atom is 0.277 e. The van der Waals surface area contributed by atoms with Crippen molar-refractivity contribution in [2.75, 3.05) is 6.54 Å². The summed E-state index contributed by atoms with van der Waals surface area (Å²) in [7, 11) is -3.45. The summed E-state index contributed by atoms with van der Waals surface area (Å²) in [5.74, 6) is 0.426. The van der Waals surface area contributed by atoms with E-state index in [-0.39, 0.29) is 18.2 Å². The minimum absolute atomic E-state index is 0.162. The maximum absolute atomic E-state index is 11.5. The number of nitrogens with one attached hydrogen (secondary N) is 2. The van der Waals surface area contributed by atoms with Gasteiger partial charge >= 0.3 is 0 Å². The van der Waals surface area contributed by atoms with Crippen LogP contribution in [0.2, 0.25) is 0 Å². The van der Waals surface area contributed by atoms with E-state index in [1.54, 1.807) is 12.1 Å². The zero-order chi connectivity index (χ0) is 12.9. The van der Waals surface area contributed by atoms with Crippen molar-refractivity contribution in [3.05, 3.63) is 29.8 Å². The molecule has 96 valence electrons. The van der Waals surface area contributed by atoms with E-state index in [4.69, 9.17) is 5.11 Å². The van der Waals surface area contributed by atoms with Crippen LogP contribution in [0.25, 0.3) is 0 Å². The predicted octanol–water partition coefficient (Wildman–Crippen LogP) is 0.972. The van der Waals surface area contributed by atoms with Gasteiger partial charge in [0.2, 0.25) is 0 Å². The van der Waals surface area contributed by atoms with Crippen molar-refractivity contribution in [2.45, 2.75) is 20.4 Å². The van der Waals surface area contributed by atoms with Crippen LogP contribution in [0.15, 0.2) is 24.3 Å². The average molecular weight is 258 g/mol. The van der Waals surface area contributed by atoms with Gasteiger partial charge in [-0.15, -0.1) is 0 Å². The van der Waals surface area contributed by atoms with Crippen molar-refractivity contribution < 1.29 is 13.5 Å². The second kappa shape index (κ2) is 6.00. The molecule has 0 saturated carbocycles. The molecule has 1 rings (SSSR count). The minimum Gasteiger partial charge on any atom is -0.508 e. The van der Waals surface area contributed by atoms with Gasteiger partial charge in [-0.2, -0.15) is 13.1 Å². The third-order valence-electron chi connectivity index (χ3n) is 2.08. The van der Waals surface area contributed by atoms with E-state index in [1.165, 1.54) is 12.1 Å². The maximum atomic E-state index is 11.5. The van der Waals surface area contributed by atoms with Gasteiger partial charge in [-0.1, -0.05) is 26.0 Å². The van der Waals surface area contributed by atoms with Crippen LogP contribution in [0.1, 0.15) is 19.4 Å². The van der Waals surface area contributed by atoms with E-state index in [0.717, 1.165) is 5.56 Å². The highest BCUT2D eigenvalue weighted by Gasteiger charge is 2.09. The van der Waals surface area contributed by atoms with Crippen LogP contribution in [0.4, 0.5) is 0 Å². The first-order valence-electron chi connectivity index (χ1n) is 5.41. The number of benzene rings is 1. The Bertz CT molecular complexity index is 440. The SMILES string of the molecule is CC(C)CNS(=O)(=O)NCc1ccc(O)cc1. The molecule has 0 fully saturated rings. The molecule has 5 nitrogen and oxygen atoms in total. The van der Waals surface area contributed by atoms with Gasteiger partial charge in [0, 0.05) is 13.1 Å². The first-order chi connectivity index (χ1) is 7.89. The highest BCUT2D eigenvalue weighted by molar-refractivity contribution is 7.87. The molecule has 0 atom stereocenters. The van der Waals surface area contributed by atoms with Crippen LogP contribution in [-0.4, -0.2) is 20.1 Å². The molecule has 0 aliphatic rings. The monoisotopic (exact) mass is 258 g/mol. The minimum atomic E-state index is -3.45. The molecule has 0 aliphatic carbocycles. The van der Waals surface area contributed by atoms with E-state index in [0.29, 0.717) is 6.54 Å². The van der Waals surface area contributed by atoms with Gasteiger partial charge in [-0.25, -0.2) is 4.72 Å². The second-order valence-electron chi connectivity index (χ2n) is 4.23. The fraction of sp³-hybridized carbons (Fsp3) is 0.455. The Morgan fingerprint density at radius 2 is 1.76 bits per heavy atom. The number of phenols is 1. The number of rotatable bonds is 6. The number of hydrogen-bond acceptors (Lipinski definition) is 3.